The summed E-state index contributed by atoms with van der Waals surface area (Å²) in [6.07, 6.45) is 3.64. The summed E-state index contributed by atoms with van der Waals surface area (Å²) in [5.74, 6) is -0.817. The average molecular weight is 844 g/mol. The van der Waals surface area contributed by atoms with Crippen molar-refractivity contribution in [3.63, 3.8) is 0 Å². The van der Waals surface area contributed by atoms with E-state index in [1.54, 1.807) is 24.3 Å². The molecule has 0 saturated carbocycles. The highest BCUT2D eigenvalue weighted by molar-refractivity contribution is 7.85. The first kappa shape index (κ1) is 46.3. The lowest BCUT2D eigenvalue weighted by atomic mass is 10.1. The third-order valence-electron chi connectivity index (χ3n) is 9.41. The minimum absolute atomic E-state index is 0.0215. The van der Waals surface area contributed by atoms with Gasteiger partial charge in [0.15, 0.2) is 12.4 Å². The number of piperazine rings is 1. The summed E-state index contributed by atoms with van der Waals surface area (Å²) in [6.45, 7) is 2.69. The smallest absolute Gasteiger partial charge is 0.422 e. The van der Waals surface area contributed by atoms with Gasteiger partial charge in [-0.15, -0.1) is 0 Å². The summed E-state index contributed by atoms with van der Waals surface area (Å²) in [4.78, 5) is 22.2. The number of benzene rings is 2. The van der Waals surface area contributed by atoms with Crippen molar-refractivity contribution in [1.82, 2.24) is 19.4 Å². The predicted octanol–water partition coefficient (Wildman–Crippen LogP) is 8.32. The molecule has 2 aromatic carbocycles. The van der Waals surface area contributed by atoms with Gasteiger partial charge in [-0.1, -0.05) is 56.7 Å². The number of carbonyl (C=O) groups is 1. The fourth-order valence-electron chi connectivity index (χ4n) is 6.44. The molecule has 5 rings (SSSR count). The fourth-order valence-corrected chi connectivity index (χ4v) is 6.86. The summed E-state index contributed by atoms with van der Waals surface area (Å²) in [5, 5.41) is 0.957. The maximum atomic E-state index is 13.6. The van der Waals surface area contributed by atoms with Crippen molar-refractivity contribution in [2.45, 2.75) is 76.7 Å². The normalized spacial score (nSPS) is 14.0. The van der Waals surface area contributed by atoms with E-state index in [2.05, 4.69) is 16.0 Å². The number of nitrogens with zero attached hydrogens (tertiary/aromatic N) is 4. The number of amides is 1. The van der Waals surface area contributed by atoms with Gasteiger partial charge >= 0.3 is 12.4 Å². The van der Waals surface area contributed by atoms with Crippen LogP contribution in [0.25, 0.3) is 10.9 Å². The van der Waals surface area contributed by atoms with E-state index in [9.17, 15) is 39.6 Å². The summed E-state index contributed by atoms with van der Waals surface area (Å²) in [6, 6.07) is 18.4. The third kappa shape index (κ3) is 16.5. The van der Waals surface area contributed by atoms with Crippen molar-refractivity contribution in [2.24, 2.45) is 12.8 Å². The van der Waals surface area contributed by atoms with Gasteiger partial charge in [-0.05, 0) is 67.3 Å². The number of nitrogens with two attached hydrogens (primary N) is 1. The molecule has 1 fully saturated rings. The highest BCUT2D eigenvalue weighted by Crippen LogP contribution is 2.28. The molecular formula is C40H51F6N5O6S. The van der Waals surface area contributed by atoms with Gasteiger partial charge in [0.25, 0.3) is 16.0 Å². The van der Waals surface area contributed by atoms with Gasteiger partial charge in [0.1, 0.15) is 17.2 Å². The van der Waals surface area contributed by atoms with Crippen LogP contribution in [0.4, 0.5) is 26.3 Å². The number of hydrogen-bond acceptors (Lipinski definition) is 8. The molecule has 1 amide bonds. The number of fused-ring (bicyclic) bond motifs is 1. The summed E-state index contributed by atoms with van der Waals surface area (Å²) in [5.41, 5.74) is 9.26. The lowest BCUT2D eigenvalue weighted by Crippen LogP contribution is -2.48. The van der Waals surface area contributed by atoms with Crippen LogP contribution < -0.4 is 15.2 Å². The zero-order valence-electron chi connectivity index (χ0n) is 32.4. The second-order valence-electron chi connectivity index (χ2n) is 14.2. The molecule has 0 aliphatic carbocycles. The standard InChI is InChI=1S/C38H48F3N5O3.C2H3F3O3S/c1-44-34-25-33(49-36-18-13-29(26-43-36)10-8-6-4-2-3-5-7-9-19-42)17-14-31(34)24-35(44)37(47)46-22-20-45(21-23-46)27-30-11-15-32(16-12-30)48-28-38(39,40)41;3-2(4,5)1-9(6,7)8/h11-18,24-26H,2-10,19-23,27-28,42H2,1H3;1H2,(H,6,7,8). The number of unbranched alkanes of at least 4 members (excludes halogenated alkanes) is 7. The molecule has 320 valence electrons. The number of carbonyl (C=O) groups excluding carboxylic acids is 1. The van der Waals surface area contributed by atoms with Gasteiger partial charge in [0.2, 0.25) is 5.88 Å². The first-order valence-electron chi connectivity index (χ1n) is 19.1. The Labute approximate surface area is 334 Å². The number of ether oxygens (including phenoxy) is 2. The van der Waals surface area contributed by atoms with E-state index in [0.29, 0.717) is 50.0 Å². The molecule has 0 radical (unpaired) electrons. The Morgan fingerprint density at radius 3 is 1.95 bits per heavy atom. The molecule has 4 aromatic rings. The second-order valence-corrected chi connectivity index (χ2v) is 15.7. The van der Waals surface area contributed by atoms with E-state index in [-0.39, 0.29) is 11.7 Å². The summed E-state index contributed by atoms with van der Waals surface area (Å²) in [7, 11) is -3.01. The zero-order chi connectivity index (χ0) is 42.3. The molecule has 0 bridgehead atoms. The number of alkyl halides is 6. The Morgan fingerprint density at radius 1 is 0.793 bits per heavy atom. The number of rotatable bonds is 18. The van der Waals surface area contributed by atoms with Crippen LogP contribution in [0, 0.1) is 0 Å². The number of hydrogen-bond donors (Lipinski definition) is 2. The molecule has 0 unspecified atom stereocenters. The molecular weight excluding hydrogens is 793 g/mol. The van der Waals surface area contributed by atoms with Crippen LogP contribution in [0.3, 0.4) is 0 Å². The van der Waals surface area contributed by atoms with Crippen molar-refractivity contribution in [3.05, 3.63) is 83.7 Å². The molecule has 0 spiro atoms. The number of aryl methyl sites for hydroxylation is 2. The van der Waals surface area contributed by atoms with Gasteiger partial charge in [0.05, 0.1) is 5.52 Å². The Bertz CT molecular complexity index is 1980. The van der Waals surface area contributed by atoms with Crippen LogP contribution in [0.15, 0.2) is 66.9 Å². The van der Waals surface area contributed by atoms with Gasteiger partial charge in [-0.25, -0.2) is 4.98 Å². The molecule has 58 heavy (non-hydrogen) atoms. The number of halogens is 6. The van der Waals surface area contributed by atoms with Crippen LogP contribution in [-0.2, 0) is 30.1 Å². The molecule has 11 nitrogen and oxygen atoms in total. The molecule has 3 N–H and O–H groups in total. The Kier molecular flexibility index (Phi) is 17.2. The van der Waals surface area contributed by atoms with Crippen molar-refractivity contribution in [3.8, 4) is 17.4 Å². The van der Waals surface area contributed by atoms with E-state index in [0.717, 1.165) is 42.3 Å². The van der Waals surface area contributed by atoms with E-state index in [4.69, 9.17) is 19.8 Å². The molecule has 0 atom stereocenters. The van der Waals surface area contributed by atoms with Gasteiger partial charge in [-0.3, -0.25) is 14.2 Å². The van der Waals surface area contributed by atoms with E-state index < -0.39 is 34.8 Å². The van der Waals surface area contributed by atoms with Gasteiger partial charge in [0, 0.05) is 63.5 Å². The lowest BCUT2D eigenvalue weighted by Gasteiger charge is -2.34. The fraction of sp³-hybridized carbons (Fsp3) is 0.500. The van der Waals surface area contributed by atoms with Gasteiger partial charge in [-0.2, -0.15) is 34.8 Å². The van der Waals surface area contributed by atoms with Crippen LogP contribution in [0.5, 0.6) is 17.4 Å². The van der Waals surface area contributed by atoms with Crippen molar-refractivity contribution >= 4 is 26.9 Å². The molecule has 18 heteroatoms. The minimum Gasteiger partial charge on any atom is -0.484 e. The lowest BCUT2D eigenvalue weighted by molar-refractivity contribution is -0.153. The topological polar surface area (TPSA) is 140 Å². The van der Waals surface area contributed by atoms with Crippen LogP contribution in [-0.4, -0.2) is 95.7 Å². The first-order chi connectivity index (χ1) is 27.4. The SMILES string of the molecule is Cn1c(C(=O)N2CCN(Cc3ccc(OCC(F)(F)F)cc3)CC2)cc2ccc(Oc3ccc(CCCCCCCCCCN)cn3)cc21.O=S(=O)(O)CC(F)(F)F. The predicted molar refractivity (Wildman–Crippen MR) is 209 cm³/mol. The van der Waals surface area contributed by atoms with Crippen LogP contribution in [0.2, 0.25) is 0 Å². The number of aromatic nitrogens is 2. The van der Waals surface area contributed by atoms with Crippen LogP contribution in [0.1, 0.15) is 73.0 Å². The summed E-state index contributed by atoms with van der Waals surface area (Å²) >= 11 is 0. The maximum absolute atomic E-state index is 13.6. The first-order valence-corrected chi connectivity index (χ1v) is 20.7. The quantitative estimate of drug-likeness (QED) is 0.0575. The molecule has 1 aliphatic heterocycles. The number of pyridine rings is 1. The Balaban J connectivity index is 0.000000738. The molecule has 3 heterocycles. The Hall–Kier alpha value is -4.39. The maximum Gasteiger partial charge on any atom is 0.422 e. The van der Waals surface area contributed by atoms with Crippen molar-refractivity contribution < 1.29 is 53.6 Å². The molecule has 2 aromatic heterocycles. The third-order valence-corrected chi connectivity index (χ3v) is 10.1. The minimum atomic E-state index is -4.91. The van der Waals surface area contributed by atoms with Crippen molar-refractivity contribution in [1.29, 1.82) is 0 Å². The van der Waals surface area contributed by atoms with Crippen LogP contribution >= 0.6 is 0 Å². The van der Waals surface area contributed by atoms with E-state index >= 15 is 0 Å². The van der Waals surface area contributed by atoms with E-state index in [1.165, 1.54) is 44.1 Å². The average Bonchev–Trinajstić information content (AvgIpc) is 3.48. The summed E-state index contributed by atoms with van der Waals surface area (Å²) < 4.78 is 110. The Morgan fingerprint density at radius 2 is 1.40 bits per heavy atom. The highest BCUT2D eigenvalue weighted by atomic mass is 32.2. The molecule has 1 saturated heterocycles. The van der Waals surface area contributed by atoms with E-state index in [1.807, 2.05) is 53.0 Å². The van der Waals surface area contributed by atoms with Crippen molar-refractivity contribution in [2.75, 3.05) is 45.1 Å². The van der Waals surface area contributed by atoms with Gasteiger partial charge < -0.3 is 24.7 Å². The monoisotopic (exact) mass is 843 g/mol. The largest absolute Gasteiger partial charge is 0.484 e. The second kappa shape index (κ2) is 21.6. The molecule has 1 aliphatic rings. The zero-order valence-corrected chi connectivity index (χ0v) is 33.2. The highest BCUT2D eigenvalue weighted by Gasteiger charge is 2.34.